The summed E-state index contributed by atoms with van der Waals surface area (Å²) < 4.78 is 5.11. The second-order valence-electron chi connectivity index (χ2n) is 4.80. The molecule has 1 saturated carbocycles. The van der Waals surface area contributed by atoms with Gasteiger partial charge in [0.15, 0.2) is 0 Å². The molecule has 1 fully saturated rings. The molecule has 0 atom stereocenters. The molecule has 0 unspecified atom stereocenters. The van der Waals surface area contributed by atoms with Crippen LogP contribution in [0.25, 0.3) is 0 Å². The fraction of sp³-hybridized carbons (Fsp3) is 0.667. The van der Waals surface area contributed by atoms with Crippen molar-refractivity contribution in [2.24, 2.45) is 5.41 Å². The number of carboxylic acids is 1. The molecule has 18 heavy (non-hydrogen) atoms. The van der Waals surface area contributed by atoms with Crippen LogP contribution in [0.4, 0.5) is 0 Å². The maximum atomic E-state index is 10.7. The SMILES string of the molecule is COCCC1(CNCc2csc(C(=O)O)n2)CC1. The molecule has 1 aromatic rings. The molecule has 1 aliphatic rings. The van der Waals surface area contributed by atoms with E-state index in [1.165, 1.54) is 24.2 Å². The number of ether oxygens (including phenoxy) is 1. The van der Waals surface area contributed by atoms with E-state index in [2.05, 4.69) is 10.3 Å². The van der Waals surface area contributed by atoms with Gasteiger partial charge in [-0.2, -0.15) is 0 Å². The summed E-state index contributed by atoms with van der Waals surface area (Å²) in [5, 5.41) is 14.1. The zero-order valence-corrected chi connectivity index (χ0v) is 11.3. The summed E-state index contributed by atoms with van der Waals surface area (Å²) in [7, 11) is 1.73. The number of nitrogens with zero attached hydrogens (tertiary/aromatic N) is 1. The summed E-state index contributed by atoms with van der Waals surface area (Å²) in [6.45, 7) is 2.40. The van der Waals surface area contributed by atoms with Crippen LogP contribution in [0.2, 0.25) is 0 Å². The average Bonchev–Trinajstić information content (AvgIpc) is 2.94. The van der Waals surface area contributed by atoms with Crippen LogP contribution in [0.3, 0.4) is 0 Å². The lowest BCUT2D eigenvalue weighted by molar-refractivity contribution is 0.0696. The van der Waals surface area contributed by atoms with Gasteiger partial charge >= 0.3 is 5.97 Å². The summed E-state index contributed by atoms with van der Waals surface area (Å²) in [6, 6.07) is 0. The Labute approximate surface area is 110 Å². The van der Waals surface area contributed by atoms with Crippen molar-refractivity contribution in [3.8, 4) is 0 Å². The molecule has 0 saturated heterocycles. The first-order valence-corrected chi connectivity index (χ1v) is 6.90. The van der Waals surface area contributed by atoms with Gasteiger partial charge in [0.25, 0.3) is 0 Å². The van der Waals surface area contributed by atoms with Crippen molar-refractivity contribution in [1.29, 1.82) is 0 Å². The summed E-state index contributed by atoms with van der Waals surface area (Å²) in [6.07, 6.45) is 3.59. The number of aromatic carboxylic acids is 1. The van der Waals surface area contributed by atoms with E-state index in [1.807, 2.05) is 0 Å². The molecule has 5 nitrogen and oxygen atoms in total. The van der Waals surface area contributed by atoms with Crippen molar-refractivity contribution >= 4 is 17.3 Å². The number of methoxy groups -OCH3 is 1. The molecular formula is C12H18N2O3S. The van der Waals surface area contributed by atoms with Crippen molar-refractivity contribution < 1.29 is 14.6 Å². The van der Waals surface area contributed by atoms with E-state index >= 15 is 0 Å². The molecule has 0 amide bonds. The second kappa shape index (κ2) is 5.77. The first-order chi connectivity index (χ1) is 8.65. The smallest absolute Gasteiger partial charge is 0.365 e. The van der Waals surface area contributed by atoms with Crippen LogP contribution in [0.5, 0.6) is 0 Å². The van der Waals surface area contributed by atoms with Gasteiger partial charge in [-0.15, -0.1) is 11.3 Å². The minimum absolute atomic E-state index is 0.160. The summed E-state index contributed by atoms with van der Waals surface area (Å²) in [5.41, 5.74) is 1.21. The molecule has 1 heterocycles. The molecule has 2 rings (SSSR count). The Morgan fingerprint density at radius 3 is 3.00 bits per heavy atom. The minimum Gasteiger partial charge on any atom is -0.476 e. The van der Waals surface area contributed by atoms with Crippen LogP contribution in [0, 0.1) is 5.41 Å². The van der Waals surface area contributed by atoms with Crippen molar-refractivity contribution in [3.63, 3.8) is 0 Å². The van der Waals surface area contributed by atoms with Crippen LogP contribution >= 0.6 is 11.3 Å². The molecular weight excluding hydrogens is 252 g/mol. The van der Waals surface area contributed by atoms with Gasteiger partial charge in [0, 0.05) is 32.2 Å². The Morgan fingerprint density at radius 2 is 2.44 bits per heavy atom. The monoisotopic (exact) mass is 270 g/mol. The molecule has 6 heteroatoms. The Kier molecular flexibility index (Phi) is 4.31. The highest BCUT2D eigenvalue weighted by atomic mass is 32.1. The Hall–Kier alpha value is -0.980. The van der Waals surface area contributed by atoms with Gasteiger partial charge in [-0.1, -0.05) is 0 Å². The maximum absolute atomic E-state index is 10.7. The van der Waals surface area contributed by atoms with Crippen LogP contribution in [-0.4, -0.2) is 36.3 Å². The normalized spacial score (nSPS) is 16.7. The van der Waals surface area contributed by atoms with Gasteiger partial charge in [-0.3, -0.25) is 0 Å². The average molecular weight is 270 g/mol. The van der Waals surface area contributed by atoms with E-state index in [9.17, 15) is 4.79 Å². The van der Waals surface area contributed by atoms with Crippen molar-refractivity contribution in [2.75, 3.05) is 20.3 Å². The highest BCUT2D eigenvalue weighted by Crippen LogP contribution is 2.48. The number of thiazole rings is 1. The number of carboxylic acid groups (broad SMARTS) is 1. The quantitative estimate of drug-likeness (QED) is 0.753. The number of hydrogen-bond acceptors (Lipinski definition) is 5. The van der Waals surface area contributed by atoms with E-state index < -0.39 is 5.97 Å². The Bertz CT molecular complexity index is 415. The van der Waals surface area contributed by atoms with Gasteiger partial charge in [0.2, 0.25) is 5.01 Å². The maximum Gasteiger partial charge on any atom is 0.365 e. The Balaban J connectivity index is 1.73. The number of aromatic nitrogens is 1. The molecule has 2 N–H and O–H groups in total. The second-order valence-corrected chi connectivity index (χ2v) is 5.65. The third kappa shape index (κ3) is 3.51. The van der Waals surface area contributed by atoms with Crippen LogP contribution < -0.4 is 5.32 Å². The fourth-order valence-corrected chi connectivity index (χ4v) is 2.61. The van der Waals surface area contributed by atoms with Crippen molar-refractivity contribution in [2.45, 2.75) is 25.8 Å². The molecule has 0 bridgehead atoms. The van der Waals surface area contributed by atoms with E-state index in [-0.39, 0.29) is 5.01 Å². The highest BCUT2D eigenvalue weighted by molar-refractivity contribution is 7.11. The van der Waals surface area contributed by atoms with Crippen LogP contribution in [0.1, 0.15) is 34.8 Å². The molecule has 100 valence electrons. The first-order valence-electron chi connectivity index (χ1n) is 6.03. The molecule has 0 spiro atoms. The van der Waals surface area contributed by atoms with Gasteiger partial charge < -0.3 is 15.2 Å². The highest BCUT2D eigenvalue weighted by Gasteiger charge is 2.41. The van der Waals surface area contributed by atoms with E-state index in [0.29, 0.717) is 12.0 Å². The third-order valence-electron chi connectivity index (χ3n) is 3.33. The lowest BCUT2D eigenvalue weighted by Gasteiger charge is -2.14. The van der Waals surface area contributed by atoms with Crippen molar-refractivity contribution in [1.82, 2.24) is 10.3 Å². The molecule has 0 aromatic carbocycles. The number of carbonyl (C=O) groups is 1. The topological polar surface area (TPSA) is 71.5 Å². The predicted octanol–water partition coefficient (Wildman–Crippen LogP) is 1.75. The van der Waals surface area contributed by atoms with E-state index in [0.717, 1.165) is 25.3 Å². The fourth-order valence-electron chi connectivity index (χ4n) is 1.95. The van der Waals surface area contributed by atoms with Gasteiger partial charge in [0.05, 0.1) is 5.69 Å². The standard InChI is InChI=1S/C12H18N2O3S/c1-17-5-4-12(2-3-12)8-13-6-9-7-18-10(14-9)11(15)16/h7,13H,2-6,8H2,1H3,(H,15,16). The van der Waals surface area contributed by atoms with Crippen LogP contribution in [0.15, 0.2) is 5.38 Å². The predicted molar refractivity (Wildman–Crippen MR) is 68.9 cm³/mol. The van der Waals surface area contributed by atoms with Gasteiger partial charge in [-0.25, -0.2) is 9.78 Å². The molecule has 0 radical (unpaired) electrons. The lowest BCUT2D eigenvalue weighted by Crippen LogP contribution is -2.24. The number of hydrogen-bond donors (Lipinski definition) is 2. The third-order valence-corrected chi connectivity index (χ3v) is 4.21. The summed E-state index contributed by atoms with van der Waals surface area (Å²) in [4.78, 5) is 14.7. The molecule has 0 aliphatic heterocycles. The zero-order chi connectivity index (χ0) is 13.0. The number of nitrogens with one attached hydrogen (secondary N) is 1. The summed E-state index contributed by atoms with van der Waals surface area (Å²) in [5.74, 6) is -0.954. The largest absolute Gasteiger partial charge is 0.476 e. The van der Waals surface area contributed by atoms with Crippen LogP contribution in [-0.2, 0) is 11.3 Å². The molecule has 1 aromatic heterocycles. The molecule has 1 aliphatic carbocycles. The minimum atomic E-state index is -0.954. The van der Waals surface area contributed by atoms with Gasteiger partial charge in [0.1, 0.15) is 0 Å². The Morgan fingerprint density at radius 1 is 1.67 bits per heavy atom. The van der Waals surface area contributed by atoms with E-state index in [1.54, 1.807) is 12.5 Å². The van der Waals surface area contributed by atoms with Crippen molar-refractivity contribution in [3.05, 3.63) is 16.1 Å². The zero-order valence-electron chi connectivity index (χ0n) is 10.4. The van der Waals surface area contributed by atoms with Gasteiger partial charge in [-0.05, 0) is 24.7 Å². The summed E-state index contributed by atoms with van der Waals surface area (Å²) >= 11 is 1.17. The number of rotatable bonds is 8. The lowest BCUT2D eigenvalue weighted by atomic mass is 10.0. The van der Waals surface area contributed by atoms with E-state index in [4.69, 9.17) is 9.84 Å². The first kappa shape index (κ1) is 13.5.